The molecule has 2 rings (SSSR count). The van der Waals surface area contributed by atoms with E-state index in [1.54, 1.807) is 6.92 Å². The molecular weight excluding hydrogens is 226 g/mol. The molecule has 0 saturated carbocycles. The molecule has 100 valence electrons. The van der Waals surface area contributed by atoms with Crippen LogP contribution in [-0.4, -0.2) is 47.2 Å². The number of anilines is 1. The Kier molecular flexibility index (Phi) is 4.19. The van der Waals surface area contributed by atoms with Crippen molar-refractivity contribution in [1.82, 2.24) is 9.88 Å². The van der Waals surface area contributed by atoms with Crippen LogP contribution in [0.1, 0.15) is 32.6 Å². The number of nitrogens with zero attached hydrogens (tertiary/aromatic N) is 3. The predicted molar refractivity (Wildman–Crippen MR) is 73.8 cm³/mol. The van der Waals surface area contributed by atoms with Gasteiger partial charge in [-0.05, 0) is 32.5 Å². The molecular formula is C14H23N3O. The van der Waals surface area contributed by atoms with Crippen molar-refractivity contribution in [1.29, 1.82) is 0 Å². The molecule has 0 aliphatic carbocycles. The minimum atomic E-state index is -0.491. The zero-order chi connectivity index (χ0) is 13.1. The van der Waals surface area contributed by atoms with E-state index in [0.29, 0.717) is 6.04 Å². The summed E-state index contributed by atoms with van der Waals surface area (Å²) in [6.07, 6.45) is 1.38. The lowest BCUT2D eigenvalue weighted by atomic mass is 10.1. The average Bonchev–Trinajstić information content (AvgIpc) is 2.38. The third-order valence-corrected chi connectivity index (χ3v) is 3.74. The van der Waals surface area contributed by atoms with Crippen LogP contribution in [0.3, 0.4) is 0 Å². The number of aliphatic hydroxyl groups excluding tert-OH is 1. The summed E-state index contributed by atoms with van der Waals surface area (Å²) in [5.74, 6) is 0. The highest BCUT2D eigenvalue weighted by atomic mass is 16.3. The highest BCUT2D eigenvalue weighted by Crippen LogP contribution is 2.19. The van der Waals surface area contributed by atoms with Crippen LogP contribution in [0.2, 0.25) is 0 Å². The van der Waals surface area contributed by atoms with E-state index >= 15 is 0 Å². The van der Waals surface area contributed by atoms with E-state index in [9.17, 15) is 5.11 Å². The van der Waals surface area contributed by atoms with Crippen LogP contribution in [0.4, 0.5) is 5.69 Å². The van der Waals surface area contributed by atoms with Crippen molar-refractivity contribution < 1.29 is 5.11 Å². The first-order valence-electron chi connectivity index (χ1n) is 6.74. The van der Waals surface area contributed by atoms with Gasteiger partial charge in [-0.1, -0.05) is 6.92 Å². The molecule has 1 aliphatic heterocycles. The normalized spacial score (nSPS) is 23.1. The Hall–Kier alpha value is -1.13. The second-order valence-corrected chi connectivity index (χ2v) is 5.04. The number of rotatable bonds is 3. The highest BCUT2D eigenvalue weighted by Gasteiger charge is 2.22. The van der Waals surface area contributed by atoms with Crippen molar-refractivity contribution in [3.8, 4) is 0 Å². The summed E-state index contributed by atoms with van der Waals surface area (Å²) >= 11 is 0. The van der Waals surface area contributed by atoms with E-state index in [0.717, 1.165) is 37.6 Å². The SMILES string of the molecule is CCN1CCN(c2ccc(C(C)O)nc2)CC1C. The second kappa shape index (κ2) is 5.67. The van der Waals surface area contributed by atoms with Gasteiger partial charge in [0.25, 0.3) is 0 Å². The van der Waals surface area contributed by atoms with Crippen LogP contribution < -0.4 is 4.90 Å². The molecule has 2 atom stereocenters. The van der Waals surface area contributed by atoms with Crippen LogP contribution in [0, 0.1) is 0 Å². The maximum atomic E-state index is 9.45. The van der Waals surface area contributed by atoms with Crippen molar-refractivity contribution in [3.05, 3.63) is 24.0 Å². The molecule has 1 fully saturated rings. The quantitative estimate of drug-likeness (QED) is 0.884. The first-order valence-corrected chi connectivity index (χ1v) is 6.74. The first-order chi connectivity index (χ1) is 8.61. The van der Waals surface area contributed by atoms with E-state index in [1.807, 2.05) is 12.3 Å². The number of aliphatic hydroxyl groups is 1. The van der Waals surface area contributed by atoms with E-state index in [4.69, 9.17) is 0 Å². The maximum Gasteiger partial charge on any atom is 0.0931 e. The molecule has 1 aromatic heterocycles. The van der Waals surface area contributed by atoms with Gasteiger partial charge < -0.3 is 10.0 Å². The molecule has 1 N–H and O–H groups in total. The third-order valence-electron chi connectivity index (χ3n) is 3.74. The lowest BCUT2D eigenvalue weighted by Crippen LogP contribution is -2.51. The summed E-state index contributed by atoms with van der Waals surface area (Å²) in [5.41, 5.74) is 1.89. The van der Waals surface area contributed by atoms with Gasteiger partial charge in [0, 0.05) is 25.7 Å². The molecule has 1 saturated heterocycles. The molecule has 0 aromatic carbocycles. The molecule has 18 heavy (non-hydrogen) atoms. The Morgan fingerprint density at radius 3 is 2.72 bits per heavy atom. The number of likely N-dealkylation sites (N-methyl/N-ethyl adjacent to an activating group) is 1. The molecule has 2 unspecified atom stereocenters. The molecule has 1 aliphatic rings. The van der Waals surface area contributed by atoms with Crippen LogP contribution in [0.5, 0.6) is 0 Å². The second-order valence-electron chi connectivity index (χ2n) is 5.04. The van der Waals surface area contributed by atoms with Gasteiger partial charge in [-0.2, -0.15) is 0 Å². The summed E-state index contributed by atoms with van der Waals surface area (Å²) in [7, 11) is 0. The Balaban J connectivity index is 2.04. The lowest BCUT2D eigenvalue weighted by molar-refractivity contribution is 0.194. The van der Waals surface area contributed by atoms with Crippen LogP contribution in [0.25, 0.3) is 0 Å². The molecule has 0 spiro atoms. The third kappa shape index (κ3) is 2.82. The fourth-order valence-electron chi connectivity index (χ4n) is 2.53. The largest absolute Gasteiger partial charge is 0.387 e. The lowest BCUT2D eigenvalue weighted by Gasteiger charge is -2.40. The number of pyridine rings is 1. The van der Waals surface area contributed by atoms with Crippen molar-refractivity contribution >= 4 is 5.69 Å². The molecule has 4 heteroatoms. The van der Waals surface area contributed by atoms with Crippen molar-refractivity contribution in [2.45, 2.75) is 32.9 Å². The van der Waals surface area contributed by atoms with Crippen molar-refractivity contribution in [2.75, 3.05) is 31.1 Å². The summed E-state index contributed by atoms with van der Waals surface area (Å²) < 4.78 is 0. The van der Waals surface area contributed by atoms with Crippen molar-refractivity contribution in [2.24, 2.45) is 0 Å². The summed E-state index contributed by atoms with van der Waals surface area (Å²) in [6.45, 7) is 10.5. The minimum absolute atomic E-state index is 0.491. The molecule has 0 bridgehead atoms. The molecule has 0 amide bonds. The van der Waals surface area contributed by atoms with E-state index < -0.39 is 6.10 Å². The summed E-state index contributed by atoms with van der Waals surface area (Å²) in [5, 5.41) is 9.45. The van der Waals surface area contributed by atoms with Gasteiger partial charge in [-0.3, -0.25) is 9.88 Å². The van der Waals surface area contributed by atoms with Gasteiger partial charge >= 0.3 is 0 Å². The Morgan fingerprint density at radius 1 is 1.44 bits per heavy atom. The summed E-state index contributed by atoms with van der Waals surface area (Å²) in [6, 6.07) is 4.56. The number of piperazine rings is 1. The monoisotopic (exact) mass is 249 g/mol. The highest BCUT2D eigenvalue weighted by molar-refractivity contribution is 5.45. The Morgan fingerprint density at radius 2 is 2.22 bits per heavy atom. The van der Waals surface area contributed by atoms with Crippen LogP contribution in [0.15, 0.2) is 18.3 Å². The van der Waals surface area contributed by atoms with Gasteiger partial charge in [0.1, 0.15) is 0 Å². The predicted octanol–water partition coefficient (Wildman–Crippen LogP) is 1.67. The van der Waals surface area contributed by atoms with Crippen LogP contribution >= 0.6 is 0 Å². The number of aromatic nitrogens is 1. The summed E-state index contributed by atoms with van der Waals surface area (Å²) in [4.78, 5) is 9.18. The molecule has 4 nitrogen and oxygen atoms in total. The average molecular weight is 249 g/mol. The van der Waals surface area contributed by atoms with Gasteiger partial charge in [0.15, 0.2) is 0 Å². The minimum Gasteiger partial charge on any atom is -0.387 e. The standard InChI is InChI=1S/C14H23N3O/c1-4-16-7-8-17(10-11(16)2)13-5-6-14(12(3)18)15-9-13/h5-6,9,11-12,18H,4,7-8,10H2,1-3H3. The van der Waals surface area contributed by atoms with E-state index in [-0.39, 0.29) is 0 Å². The zero-order valence-corrected chi connectivity index (χ0v) is 11.5. The number of hydrogen-bond acceptors (Lipinski definition) is 4. The number of hydrogen-bond donors (Lipinski definition) is 1. The van der Waals surface area contributed by atoms with E-state index in [1.165, 1.54) is 0 Å². The van der Waals surface area contributed by atoms with Gasteiger partial charge in [0.05, 0.1) is 23.7 Å². The molecule has 0 radical (unpaired) electrons. The van der Waals surface area contributed by atoms with E-state index in [2.05, 4.69) is 34.7 Å². The maximum absolute atomic E-state index is 9.45. The fourth-order valence-corrected chi connectivity index (χ4v) is 2.53. The molecule has 1 aromatic rings. The van der Waals surface area contributed by atoms with Crippen molar-refractivity contribution in [3.63, 3.8) is 0 Å². The molecule has 2 heterocycles. The Labute approximate surface area is 109 Å². The van der Waals surface area contributed by atoms with Gasteiger partial charge in [-0.15, -0.1) is 0 Å². The fraction of sp³-hybridized carbons (Fsp3) is 0.643. The Bertz CT molecular complexity index is 377. The zero-order valence-electron chi connectivity index (χ0n) is 11.5. The topological polar surface area (TPSA) is 39.6 Å². The van der Waals surface area contributed by atoms with Gasteiger partial charge in [0.2, 0.25) is 0 Å². The van der Waals surface area contributed by atoms with Gasteiger partial charge in [-0.25, -0.2) is 0 Å². The smallest absolute Gasteiger partial charge is 0.0931 e. The first kappa shape index (κ1) is 13.3. The van der Waals surface area contributed by atoms with Crippen LogP contribution in [-0.2, 0) is 0 Å².